The molecule has 5 rings (SSSR count). The number of nitrogens with zero attached hydrogens (tertiary/aromatic N) is 3. The summed E-state index contributed by atoms with van der Waals surface area (Å²) in [6, 6.07) is 7.18. The second-order valence-electron chi connectivity index (χ2n) is 9.47. The molecule has 2 unspecified atom stereocenters. The zero-order valence-electron chi connectivity index (χ0n) is 17.8. The lowest BCUT2D eigenvalue weighted by Gasteiger charge is -2.37. The van der Waals surface area contributed by atoms with Crippen molar-refractivity contribution in [3.63, 3.8) is 0 Å². The fourth-order valence-corrected chi connectivity index (χ4v) is 5.69. The van der Waals surface area contributed by atoms with E-state index in [4.69, 9.17) is 5.73 Å². The van der Waals surface area contributed by atoms with Gasteiger partial charge >= 0.3 is 0 Å². The van der Waals surface area contributed by atoms with Crippen LogP contribution in [0.5, 0.6) is 0 Å². The molecule has 3 N–H and O–H groups in total. The van der Waals surface area contributed by atoms with E-state index in [1.54, 1.807) is 11.0 Å². The van der Waals surface area contributed by atoms with Crippen LogP contribution in [0.15, 0.2) is 24.3 Å². The van der Waals surface area contributed by atoms with Crippen molar-refractivity contribution in [2.75, 3.05) is 0 Å². The number of aromatic nitrogens is 2. The van der Waals surface area contributed by atoms with Gasteiger partial charge in [0.15, 0.2) is 5.69 Å². The molecule has 1 aromatic heterocycles. The molecule has 5 atom stereocenters. The Morgan fingerprint density at radius 3 is 2.61 bits per heavy atom. The molecule has 0 spiro atoms. The van der Waals surface area contributed by atoms with E-state index < -0.39 is 11.9 Å². The van der Waals surface area contributed by atoms with Gasteiger partial charge in [-0.1, -0.05) is 25.1 Å². The number of likely N-dealkylation sites (tertiary alicyclic amines) is 1. The Balaban J connectivity index is 1.37. The minimum Gasteiger partial charge on any atom is -0.364 e. The molecule has 2 saturated carbocycles. The number of nitrogens with one attached hydrogen (secondary N) is 1. The molecule has 8 nitrogen and oxygen atoms in total. The first kappa shape index (κ1) is 20.0. The summed E-state index contributed by atoms with van der Waals surface area (Å²) < 4.78 is 1.54. The van der Waals surface area contributed by atoms with Gasteiger partial charge in [0, 0.05) is 17.5 Å². The van der Waals surface area contributed by atoms with Crippen molar-refractivity contribution in [1.82, 2.24) is 20.0 Å². The number of benzene rings is 1. The number of rotatable bonds is 5. The lowest BCUT2D eigenvalue weighted by atomic mass is 9.80. The Bertz CT molecular complexity index is 1050. The number of fused-ring (bicyclic) bond motifs is 2. The first-order chi connectivity index (χ1) is 14.9. The van der Waals surface area contributed by atoms with Gasteiger partial charge in [-0.15, -0.1) is 0 Å². The molecule has 3 aliphatic rings. The van der Waals surface area contributed by atoms with Gasteiger partial charge in [-0.2, -0.15) is 5.10 Å². The summed E-state index contributed by atoms with van der Waals surface area (Å²) in [5.74, 6) is 0.264. The molecule has 1 saturated heterocycles. The van der Waals surface area contributed by atoms with Gasteiger partial charge in [0.1, 0.15) is 12.6 Å². The Hall–Kier alpha value is -2.90. The van der Waals surface area contributed by atoms with E-state index in [0.717, 1.165) is 38.5 Å². The molecule has 1 aromatic carbocycles. The highest BCUT2D eigenvalue weighted by molar-refractivity contribution is 6.04. The zero-order valence-corrected chi connectivity index (χ0v) is 17.8. The number of amides is 3. The third-order valence-electron chi connectivity index (χ3n) is 7.40. The Labute approximate surface area is 181 Å². The molecule has 31 heavy (non-hydrogen) atoms. The monoisotopic (exact) mass is 423 g/mol. The average molecular weight is 424 g/mol. The number of nitrogens with two attached hydrogens (primary N) is 1. The van der Waals surface area contributed by atoms with Crippen molar-refractivity contribution < 1.29 is 14.4 Å². The van der Waals surface area contributed by atoms with E-state index >= 15 is 0 Å². The highest BCUT2D eigenvalue weighted by Crippen LogP contribution is 2.44. The van der Waals surface area contributed by atoms with E-state index in [2.05, 4.69) is 17.3 Å². The molecule has 3 fully saturated rings. The first-order valence-electron chi connectivity index (χ1n) is 11.3. The summed E-state index contributed by atoms with van der Waals surface area (Å²) >= 11 is 0. The van der Waals surface area contributed by atoms with E-state index in [0.29, 0.717) is 22.7 Å². The van der Waals surface area contributed by atoms with Crippen LogP contribution in [0, 0.1) is 11.8 Å². The molecule has 0 radical (unpaired) electrons. The number of hydrogen-bond donors (Lipinski definition) is 2. The molecule has 8 heteroatoms. The lowest BCUT2D eigenvalue weighted by molar-refractivity contribution is -0.142. The Morgan fingerprint density at radius 2 is 1.94 bits per heavy atom. The number of carbonyl (C=O) groups excluding carboxylic acids is 3. The normalized spacial score (nSPS) is 29.6. The topological polar surface area (TPSA) is 110 Å². The van der Waals surface area contributed by atoms with E-state index in [1.807, 2.05) is 18.2 Å². The third-order valence-corrected chi connectivity index (χ3v) is 7.40. The zero-order chi connectivity index (χ0) is 21.7. The maximum atomic E-state index is 13.4. The second kappa shape index (κ2) is 7.66. The second-order valence-corrected chi connectivity index (χ2v) is 9.47. The molecule has 2 aromatic rings. The number of carbonyl (C=O) groups is 3. The van der Waals surface area contributed by atoms with E-state index in [9.17, 15) is 14.4 Å². The summed E-state index contributed by atoms with van der Waals surface area (Å²) in [5, 5.41) is 8.15. The van der Waals surface area contributed by atoms with Gasteiger partial charge in [0.25, 0.3) is 5.91 Å². The van der Waals surface area contributed by atoms with Crippen LogP contribution in [0.25, 0.3) is 10.9 Å². The maximum Gasteiger partial charge on any atom is 0.269 e. The van der Waals surface area contributed by atoms with Crippen molar-refractivity contribution in [2.45, 2.75) is 70.1 Å². The van der Waals surface area contributed by atoms with Gasteiger partial charge in [-0.05, 0) is 56.4 Å². The van der Waals surface area contributed by atoms with Crippen molar-refractivity contribution >= 4 is 28.6 Å². The summed E-state index contributed by atoms with van der Waals surface area (Å²) in [6.45, 7) is 2.20. The fourth-order valence-electron chi connectivity index (χ4n) is 5.69. The number of primary amides is 1. The fraction of sp³-hybridized carbons (Fsp3) is 0.565. The molecular weight excluding hydrogens is 394 g/mol. The average Bonchev–Trinajstić information content (AvgIpc) is 3.36. The molecule has 2 aliphatic carbocycles. The Morgan fingerprint density at radius 1 is 1.13 bits per heavy atom. The molecular formula is C23H29N5O3. The third kappa shape index (κ3) is 3.47. The van der Waals surface area contributed by atoms with E-state index in [-0.39, 0.29) is 36.1 Å². The minimum atomic E-state index is -0.620. The molecule has 2 heterocycles. The highest BCUT2D eigenvalue weighted by Gasteiger charge is 2.51. The van der Waals surface area contributed by atoms with Gasteiger partial charge in [-0.3, -0.25) is 19.1 Å². The standard InChI is InChI=1S/C23H29N5O3/c1-13-6-8-15(10-13)25-23(31)19-11-14-7-9-17(14)28(19)20(29)12-27-18-5-3-2-4-16(18)21(26-27)22(24)30/h2-5,13-15,17,19H,6-12H2,1H3,(H2,24,30)(H,25,31)/t13?,14-,15?,17-,19+/m1/s1. The van der Waals surface area contributed by atoms with Crippen LogP contribution in [0.2, 0.25) is 0 Å². The van der Waals surface area contributed by atoms with Crippen LogP contribution in [-0.4, -0.2) is 50.5 Å². The summed E-state index contributed by atoms with van der Waals surface area (Å²) in [4.78, 5) is 40.1. The van der Waals surface area contributed by atoms with Crippen molar-refractivity contribution in [3.05, 3.63) is 30.0 Å². The summed E-state index contributed by atoms with van der Waals surface area (Å²) in [7, 11) is 0. The van der Waals surface area contributed by atoms with Gasteiger partial charge in [0.2, 0.25) is 11.8 Å². The van der Waals surface area contributed by atoms with Crippen LogP contribution in [0.4, 0.5) is 0 Å². The van der Waals surface area contributed by atoms with E-state index in [1.165, 1.54) is 4.68 Å². The van der Waals surface area contributed by atoms with Crippen LogP contribution in [-0.2, 0) is 16.1 Å². The minimum absolute atomic E-state index is 0.0126. The SMILES string of the molecule is CC1CCC(NC(=O)[C@@H]2C[C@H]3CC[C@H]3N2C(=O)Cn2nc(C(N)=O)c3ccccc32)C1. The highest BCUT2D eigenvalue weighted by atomic mass is 16.2. The van der Waals surface area contributed by atoms with Crippen molar-refractivity contribution in [3.8, 4) is 0 Å². The van der Waals surface area contributed by atoms with Gasteiger partial charge in [0.05, 0.1) is 5.52 Å². The van der Waals surface area contributed by atoms with Gasteiger partial charge in [-0.25, -0.2) is 0 Å². The lowest BCUT2D eigenvalue weighted by Crippen LogP contribution is -2.52. The summed E-state index contributed by atoms with van der Waals surface area (Å²) in [5.41, 5.74) is 6.33. The van der Waals surface area contributed by atoms with Gasteiger partial charge < -0.3 is 16.0 Å². The van der Waals surface area contributed by atoms with Crippen LogP contribution in [0.3, 0.4) is 0 Å². The Kier molecular flexibility index (Phi) is 4.95. The first-order valence-corrected chi connectivity index (χ1v) is 11.3. The van der Waals surface area contributed by atoms with Crippen LogP contribution in [0.1, 0.15) is 55.9 Å². The van der Waals surface area contributed by atoms with Crippen LogP contribution < -0.4 is 11.1 Å². The largest absolute Gasteiger partial charge is 0.364 e. The number of para-hydroxylation sites is 1. The predicted octanol–water partition coefficient (Wildman–Crippen LogP) is 1.82. The predicted molar refractivity (Wildman–Crippen MR) is 115 cm³/mol. The maximum absolute atomic E-state index is 13.4. The summed E-state index contributed by atoms with van der Waals surface area (Å²) in [6.07, 6.45) is 5.89. The smallest absolute Gasteiger partial charge is 0.269 e. The molecule has 0 bridgehead atoms. The quantitative estimate of drug-likeness (QED) is 0.764. The molecule has 1 aliphatic heterocycles. The van der Waals surface area contributed by atoms with Crippen LogP contribution >= 0.6 is 0 Å². The molecule has 3 amide bonds. The molecule has 164 valence electrons. The van der Waals surface area contributed by atoms with Crippen molar-refractivity contribution in [1.29, 1.82) is 0 Å². The van der Waals surface area contributed by atoms with Crippen molar-refractivity contribution in [2.24, 2.45) is 17.6 Å². The number of hydrogen-bond acceptors (Lipinski definition) is 4.